The maximum Gasteiger partial charge on any atom is 0.0822 e. The molecule has 1 aromatic carbocycles. The largest absolute Gasteiger partial charge is 0.398 e. The second kappa shape index (κ2) is 7.30. The molecule has 0 spiro atoms. The number of nitrogens with two attached hydrogens (primary N) is 1. The molecule has 0 aliphatic rings. The van der Waals surface area contributed by atoms with Crippen molar-refractivity contribution in [1.82, 2.24) is 4.90 Å². The zero-order valence-electron chi connectivity index (χ0n) is 10.9. The number of unbranched alkanes of at least 4 members (excludes halogenated alkanes) is 1. The van der Waals surface area contributed by atoms with E-state index < -0.39 is 6.10 Å². The maximum absolute atomic E-state index is 10.1. The molecule has 0 aliphatic heterocycles. The summed E-state index contributed by atoms with van der Waals surface area (Å²) in [5, 5.41) is 10.1. The zero-order chi connectivity index (χ0) is 12.7. The van der Waals surface area contributed by atoms with E-state index in [0.717, 1.165) is 25.1 Å². The van der Waals surface area contributed by atoms with Crippen LogP contribution in [0, 0.1) is 0 Å². The van der Waals surface area contributed by atoms with Crippen LogP contribution in [0.2, 0.25) is 0 Å². The minimum Gasteiger partial charge on any atom is -0.398 e. The molecule has 0 aliphatic carbocycles. The summed E-state index contributed by atoms with van der Waals surface area (Å²) < 4.78 is 0. The molecule has 0 amide bonds. The number of nitrogens with zero attached hydrogens (tertiary/aromatic N) is 1. The number of benzene rings is 1. The SMILES string of the molecule is CCCCN(C)CCC(O)c1ccccc1N. The minimum atomic E-state index is -0.458. The summed E-state index contributed by atoms with van der Waals surface area (Å²) in [5.41, 5.74) is 7.36. The van der Waals surface area contributed by atoms with E-state index in [1.54, 1.807) is 0 Å². The van der Waals surface area contributed by atoms with Crippen LogP contribution in [0.25, 0.3) is 0 Å². The van der Waals surface area contributed by atoms with Gasteiger partial charge in [-0.25, -0.2) is 0 Å². The summed E-state index contributed by atoms with van der Waals surface area (Å²) in [7, 11) is 2.09. The van der Waals surface area contributed by atoms with Crippen LogP contribution in [-0.2, 0) is 0 Å². The van der Waals surface area contributed by atoms with Gasteiger partial charge in [-0.15, -0.1) is 0 Å². The van der Waals surface area contributed by atoms with Crippen LogP contribution < -0.4 is 5.73 Å². The Labute approximate surface area is 104 Å². The molecule has 3 N–H and O–H groups in total. The Bertz CT molecular complexity index is 328. The van der Waals surface area contributed by atoms with Gasteiger partial charge in [-0.05, 0) is 32.5 Å². The fourth-order valence-corrected chi connectivity index (χ4v) is 1.85. The van der Waals surface area contributed by atoms with E-state index in [1.807, 2.05) is 24.3 Å². The molecule has 3 nitrogen and oxygen atoms in total. The van der Waals surface area contributed by atoms with Gasteiger partial charge >= 0.3 is 0 Å². The number of aliphatic hydroxyl groups is 1. The molecule has 0 radical (unpaired) electrons. The summed E-state index contributed by atoms with van der Waals surface area (Å²) >= 11 is 0. The smallest absolute Gasteiger partial charge is 0.0822 e. The number of nitrogen functional groups attached to an aromatic ring is 1. The number of anilines is 1. The molecule has 1 rings (SSSR count). The molecule has 0 aromatic heterocycles. The molecule has 96 valence electrons. The van der Waals surface area contributed by atoms with E-state index in [0.29, 0.717) is 5.69 Å². The first-order valence-electron chi connectivity index (χ1n) is 6.36. The lowest BCUT2D eigenvalue weighted by atomic mass is 10.0. The van der Waals surface area contributed by atoms with Gasteiger partial charge in [0.15, 0.2) is 0 Å². The second-order valence-electron chi connectivity index (χ2n) is 4.59. The van der Waals surface area contributed by atoms with E-state index in [2.05, 4.69) is 18.9 Å². The Kier molecular flexibility index (Phi) is 6.01. The van der Waals surface area contributed by atoms with E-state index >= 15 is 0 Å². The predicted octanol–water partition coefficient (Wildman–Crippen LogP) is 2.42. The maximum atomic E-state index is 10.1. The summed E-state index contributed by atoms with van der Waals surface area (Å²) in [5.74, 6) is 0. The molecule has 1 atom stereocenters. The van der Waals surface area contributed by atoms with Crippen LogP contribution in [0.15, 0.2) is 24.3 Å². The van der Waals surface area contributed by atoms with Crippen molar-refractivity contribution < 1.29 is 5.11 Å². The van der Waals surface area contributed by atoms with Crippen molar-refractivity contribution >= 4 is 5.69 Å². The Morgan fingerprint density at radius 3 is 2.65 bits per heavy atom. The third-order valence-electron chi connectivity index (χ3n) is 3.03. The number of rotatable bonds is 7. The Hall–Kier alpha value is -1.06. The van der Waals surface area contributed by atoms with E-state index in [-0.39, 0.29) is 0 Å². The van der Waals surface area contributed by atoms with Gasteiger partial charge in [0.25, 0.3) is 0 Å². The lowest BCUT2D eigenvalue weighted by molar-refractivity contribution is 0.149. The summed E-state index contributed by atoms with van der Waals surface area (Å²) in [6.45, 7) is 4.18. The van der Waals surface area contributed by atoms with E-state index in [4.69, 9.17) is 5.73 Å². The molecule has 0 fully saturated rings. The van der Waals surface area contributed by atoms with Crippen LogP contribution >= 0.6 is 0 Å². The average Bonchev–Trinajstić information content (AvgIpc) is 2.34. The van der Waals surface area contributed by atoms with Gasteiger partial charge in [0.1, 0.15) is 0 Å². The average molecular weight is 236 g/mol. The molecule has 3 heteroatoms. The highest BCUT2D eigenvalue weighted by Gasteiger charge is 2.11. The Balaban J connectivity index is 2.39. The molecule has 17 heavy (non-hydrogen) atoms. The molecular formula is C14H24N2O. The highest BCUT2D eigenvalue weighted by Crippen LogP contribution is 2.22. The van der Waals surface area contributed by atoms with Gasteiger partial charge < -0.3 is 15.7 Å². The molecule has 0 saturated carbocycles. The second-order valence-corrected chi connectivity index (χ2v) is 4.59. The molecule has 1 aromatic rings. The predicted molar refractivity (Wildman–Crippen MR) is 72.8 cm³/mol. The quantitative estimate of drug-likeness (QED) is 0.715. The van der Waals surface area contributed by atoms with Gasteiger partial charge in [0.2, 0.25) is 0 Å². The van der Waals surface area contributed by atoms with Gasteiger partial charge in [-0.3, -0.25) is 0 Å². The van der Waals surface area contributed by atoms with E-state index in [1.165, 1.54) is 12.8 Å². The fourth-order valence-electron chi connectivity index (χ4n) is 1.85. The minimum absolute atomic E-state index is 0.458. The van der Waals surface area contributed by atoms with Crippen LogP contribution in [0.3, 0.4) is 0 Å². The van der Waals surface area contributed by atoms with Crippen molar-refractivity contribution in [1.29, 1.82) is 0 Å². The van der Waals surface area contributed by atoms with Crippen molar-refractivity contribution in [3.05, 3.63) is 29.8 Å². The monoisotopic (exact) mass is 236 g/mol. The van der Waals surface area contributed by atoms with E-state index in [9.17, 15) is 5.11 Å². The van der Waals surface area contributed by atoms with Crippen molar-refractivity contribution in [2.24, 2.45) is 0 Å². The first-order chi connectivity index (χ1) is 8.15. The van der Waals surface area contributed by atoms with Crippen LogP contribution in [0.1, 0.15) is 37.9 Å². The van der Waals surface area contributed by atoms with Gasteiger partial charge in [0, 0.05) is 17.8 Å². The van der Waals surface area contributed by atoms with Crippen LogP contribution in [-0.4, -0.2) is 30.1 Å². The van der Waals surface area contributed by atoms with Crippen molar-refractivity contribution in [2.45, 2.75) is 32.3 Å². The Morgan fingerprint density at radius 2 is 2.00 bits per heavy atom. The van der Waals surface area contributed by atoms with Crippen LogP contribution in [0.4, 0.5) is 5.69 Å². The first kappa shape index (κ1) is 14.0. The molecule has 0 bridgehead atoms. The van der Waals surface area contributed by atoms with Gasteiger partial charge in [0.05, 0.1) is 6.10 Å². The number of para-hydroxylation sites is 1. The first-order valence-corrected chi connectivity index (χ1v) is 6.36. The van der Waals surface area contributed by atoms with Gasteiger partial charge in [-0.2, -0.15) is 0 Å². The van der Waals surface area contributed by atoms with Crippen molar-refractivity contribution in [3.8, 4) is 0 Å². The number of hydrogen-bond donors (Lipinski definition) is 2. The summed E-state index contributed by atoms with van der Waals surface area (Å²) in [4.78, 5) is 2.26. The molecule has 1 unspecified atom stereocenters. The third-order valence-corrected chi connectivity index (χ3v) is 3.03. The standard InChI is InChI=1S/C14H24N2O/c1-3-4-10-16(2)11-9-14(17)12-7-5-6-8-13(12)15/h5-8,14,17H,3-4,9-11,15H2,1-2H3. The zero-order valence-corrected chi connectivity index (χ0v) is 10.9. The fraction of sp³-hybridized carbons (Fsp3) is 0.571. The van der Waals surface area contributed by atoms with Crippen molar-refractivity contribution in [2.75, 3.05) is 25.9 Å². The third kappa shape index (κ3) is 4.75. The highest BCUT2D eigenvalue weighted by molar-refractivity contribution is 5.47. The number of aliphatic hydroxyl groups excluding tert-OH is 1. The molecule has 0 heterocycles. The topological polar surface area (TPSA) is 49.5 Å². The number of hydrogen-bond acceptors (Lipinski definition) is 3. The normalized spacial score (nSPS) is 12.9. The van der Waals surface area contributed by atoms with Crippen molar-refractivity contribution in [3.63, 3.8) is 0 Å². The molecule has 0 saturated heterocycles. The van der Waals surface area contributed by atoms with Gasteiger partial charge in [-0.1, -0.05) is 31.5 Å². The summed E-state index contributed by atoms with van der Waals surface area (Å²) in [6, 6.07) is 7.53. The highest BCUT2D eigenvalue weighted by atomic mass is 16.3. The molecular weight excluding hydrogens is 212 g/mol. The Morgan fingerprint density at radius 1 is 1.29 bits per heavy atom. The lowest BCUT2D eigenvalue weighted by Crippen LogP contribution is -2.22. The lowest BCUT2D eigenvalue weighted by Gasteiger charge is -2.19. The summed E-state index contributed by atoms with van der Waals surface area (Å²) in [6.07, 6.45) is 2.69. The van der Waals surface area contributed by atoms with Crippen LogP contribution in [0.5, 0.6) is 0 Å².